The summed E-state index contributed by atoms with van der Waals surface area (Å²) in [6.07, 6.45) is 3.30. The van der Waals surface area contributed by atoms with Crippen molar-refractivity contribution in [3.8, 4) is 5.75 Å². The average Bonchev–Trinajstić information content (AvgIpc) is 3.23. The van der Waals surface area contributed by atoms with E-state index in [1.807, 2.05) is 24.3 Å². The van der Waals surface area contributed by atoms with Crippen LogP contribution in [0.3, 0.4) is 0 Å². The second-order valence-electron chi connectivity index (χ2n) is 6.98. The van der Waals surface area contributed by atoms with Crippen LogP contribution in [0, 0.1) is 0 Å². The summed E-state index contributed by atoms with van der Waals surface area (Å²) in [5.74, 6) is -0.0183. The molecule has 0 spiro atoms. The van der Waals surface area contributed by atoms with Gasteiger partial charge < -0.3 is 14.7 Å². The highest BCUT2D eigenvalue weighted by Crippen LogP contribution is 2.35. The van der Waals surface area contributed by atoms with Gasteiger partial charge in [-0.3, -0.25) is 0 Å². The Morgan fingerprint density at radius 3 is 2.43 bits per heavy atom. The molecule has 1 fully saturated rings. The van der Waals surface area contributed by atoms with Crippen molar-refractivity contribution in [2.24, 2.45) is 0 Å². The molecule has 8 heteroatoms. The number of benzene rings is 2. The van der Waals surface area contributed by atoms with Crippen molar-refractivity contribution in [1.29, 1.82) is 0 Å². The highest BCUT2D eigenvalue weighted by atomic mass is 35.5. The molecule has 4 rings (SSSR count). The Kier molecular flexibility index (Phi) is 6.06. The van der Waals surface area contributed by atoms with Gasteiger partial charge in [-0.25, -0.2) is 14.8 Å². The second-order valence-corrected chi connectivity index (χ2v) is 7.85. The van der Waals surface area contributed by atoms with Gasteiger partial charge in [-0.2, -0.15) is 0 Å². The van der Waals surface area contributed by atoms with Gasteiger partial charge in [0.15, 0.2) is 0 Å². The zero-order valence-corrected chi connectivity index (χ0v) is 17.5. The van der Waals surface area contributed by atoms with Gasteiger partial charge >= 0.3 is 5.97 Å². The Morgan fingerprint density at radius 1 is 1.10 bits per heavy atom. The van der Waals surface area contributed by atoms with E-state index in [2.05, 4.69) is 14.9 Å². The van der Waals surface area contributed by atoms with Gasteiger partial charge in [0.25, 0.3) is 0 Å². The maximum absolute atomic E-state index is 11.6. The van der Waals surface area contributed by atoms with Gasteiger partial charge in [-0.1, -0.05) is 35.3 Å². The molecule has 0 aliphatic carbocycles. The van der Waals surface area contributed by atoms with Crippen LogP contribution in [0.25, 0.3) is 0 Å². The Bertz CT molecular complexity index is 1040. The van der Waals surface area contributed by atoms with E-state index in [1.54, 1.807) is 24.3 Å². The highest BCUT2D eigenvalue weighted by Gasteiger charge is 2.29. The number of carbonyl (C=O) groups is 1. The number of carboxylic acid groups (broad SMARTS) is 1. The van der Waals surface area contributed by atoms with Crippen molar-refractivity contribution in [1.82, 2.24) is 9.97 Å². The fourth-order valence-corrected chi connectivity index (χ4v) is 3.81. The van der Waals surface area contributed by atoms with Crippen LogP contribution in [0.5, 0.6) is 5.75 Å². The summed E-state index contributed by atoms with van der Waals surface area (Å²) in [4.78, 5) is 22.6. The van der Waals surface area contributed by atoms with Crippen LogP contribution in [-0.4, -0.2) is 27.6 Å². The molecule has 0 unspecified atom stereocenters. The summed E-state index contributed by atoms with van der Waals surface area (Å²) in [7, 11) is 0. The minimum atomic E-state index is -1.09. The Balaban J connectivity index is 1.60. The van der Waals surface area contributed by atoms with Crippen LogP contribution in [0.15, 0.2) is 54.7 Å². The zero-order valence-electron chi connectivity index (χ0n) is 16.0. The van der Waals surface area contributed by atoms with E-state index in [4.69, 9.17) is 27.9 Å². The number of halogens is 2. The number of rotatable bonds is 6. The fraction of sp³-hybridized carbons (Fsp3) is 0.227. The monoisotopic (exact) mass is 443 g/mol. The highest BCUT2D eigenvalue weighted by molar-refractivity contribution is 6.30. The van der Waals surface area contributed by atoms with Crippen molar-refractivity contribution >= 4 is 35.1 Å². The van der Waals surface area contributed by atoms with E-state index in [9.17, 15) is 9.90 Å². The molecule has 1 aromatic heterocycles. The topological polar surface area (TPSA) is 75.5 Å². The van der Waals surface area contributed by atoms with Crippen LogP contribution < -0.4 is 9.64 Å². The molecule has 1 atom stereocenters. The lowest BCUT2D eigenvalue weighted by Crippen LogP contribution is -2.26. The zero-order chi connectivity index (χ0) is 21.1. The van der Waals surface area contributed by atoms with E-state index in [-0.39, 0.29) is 18.2 Å². The summed E-state index contributed by atoms with van der Waals surface area (Å²) in [5, 5.41) is 10.8. The van der Waals surface area contributed by atoms with Crippen molar-refractivity contribution in [3.63, 3.8) is 0 Å². The first-order chi connectivity index (χ1) is 14.5. The summed E-state index contributed by atoms with van der Waals surface area (Å²) in [5.41, 5.74) is 1.47. The summed E-state index contributed by atoms with van der Waals surface area (Å²) in [6.45, 7) is 0.801. The number of anilines is 1. The van der Waals surface area contributed by atoms with E-state index in [0.717, 1.165) is 24.9 Å². The number of aromatic carboxylic acids is 1. The third kappa shape index (κ3) is 4.50. The number of hydrogen-bond acceptors (Lipinski definition) is 5. The Labute approximate surface area is 184 Å². The Morgan fingerprint density at radius 2 is 1.77 bits per heavy atom. The number of aromatic nitrogens is 2. The molecular formula is C22H19Cl2N3O3. The lowest BCUT2D eigenvalue weighted by Gasteiger charge is -2.25. The molecule has 2 heterocycles. The molecule has 6 nitrogen and oxygen atoms in total. The third-order valence-electron chi connectivity index (χ3n) is 5.04. The number of hydrogen-bond donors (Lipinski definition) is 1. The van der Waals surface area contributed by atoms with Gasteiger partial charge in [-0.05, 0) is 54.8 Å². The van der Waals surface area contributed by atoms with Crippen LogP contribution in [-0.2, 0) is 6.61 Å². The number of carboxylic acids is 1. The van der Waals surface area contributed by atoms with Crippen LogP contribution in [0.1, 0.15) is 40.5 Å². The minimum Gasteiger partial charge on any atom is -0.487 e. The molecule has 0 radical (unpaired) electrons. The standard InChI is InChI=1S/C22H19Cl2N3O3/c23-15-5-3-14(4-6-15)20-2-1-11-27(20)22-25-12-18(21(28)29)19(26-22)13-30-17-9-7-16(24)8-10-17/h3-10,12,20H,1-2,11,13H2,(H,28,29)/t20-/m0/s1. The molecule has 0 amide bonds. The van der Waals surface area contributed by atoms with Crippen molar-refractivity contribution in [2.45, 2.75) is 25.5 Å². The summed E-state index contributed by atoms with van der Waals surface area (Å²) >= 11 is 11.9. The van der Waals surface area contributed by atoms with Crippen LogP contribution in [0.4, 0.5) is 5.95 Å². The molecule has 1 aliphatic heterocycles. The maximum atomic E-state index is 11.6. The average molecular weight is 444 g/mol. The summed E-state index contributed by atoms with van der Waals surface area (Å²) in [6, 6.07) is 14.7. The largest absolute Gasteiger partial charge is 0.487 e. The lowest BCUT2D eigenvalue weighted by atomic mass is 10.1. The number of ether oxygens (including phenoxy) is 1. The normalized spacial score (nSPS) is 15.9. The quantitative estimate of drug-likeness (QED) is 0.549. The third-order valence-corrected chi connectivity index (χ3v) is 5.54. The maximum Gasteiger partial charge on any atom is 0.339 e. The molecule has 3 aromatic rings. The van der Waals surface area contributed by atoms with Crippen molar-refractivity contribution in [3.05, 3.63) is 81.6 Å². The fourth-order valence-electron chi connectivity index (χ4n) is 3.55. The van der Waals surface area contributed by atoms with Crippen LogP contribution >= 0.6 is 23.2 Å². The number of nitrogens with zero attached hydrogens (tertiary/aromatic N) is 3. The van der Waals surface area contributed by atoms with Gasteiger partial charge in [0.1, 0.15) is 17.9 Å². The molecular weight excluding hydrogens is 425 g/mol. The van der Waals surface area contributed by atoms with Gasteiger partial charge in [0.05, 0.1) is 11.7 Å². The van der Waals surface area contributed by atoms with E-state index >= 15 is 0 Å². The van der Waals surface area contributed by atoms with Crippen molar-refractivity contribution < 1.29 is 14.6 Å². The smallest absolute Gasteiger partial charge is 0.339 e. The first-order valence-corrected chi connectivity index (χ1v) is 10.3. The van der Waals surface area contributed by atoms with Gasteiger partial charge in [-0.15, -0.1) is 0 Å². The lowest BCUT2D eigenvalue weighted by molar-refractivity contribution is 0.0692. The minimum absolute atomic E-state index is 0.0121. The predicted molar refractivity (Wildman–Crippen MR) is 116 cm³/mol. The van der Waals surface area contributed by atoms with E-state index in [1.165, 1.54) is 6.20 Å². The van der Waals surface area contributed by atoms with Gasteiger partial charge in [0.2, 0.25) is 5.95 Å². The SMILES string of the molecule is O=C(O)c1cnc(N2CCC[C@H]2c2ccc(Cl)cc2)nc1COc1ccc(Cl)cc1. The molecule has 154 valence electrons. The second kappa shape index (κ2) is 8.90. The molecule has 1 N–H and O–H groups in total. The molecule has 2 aromatic carbocycles. The molecule has 0 bridgehead atoms. The first-order valence-electron chi connectivity index (χ1n) is 9.51. The van der Waals surface area contributed by atoms with E-state index in [0.29, 0.717) is 27.4 Å². The van der Waals surface area contributed by atoms with E-state index < -0.39 is 5.97 Å². The predicted octanol–water partition coefficient (Wildman–Crippen LogP) is 5.40. The molecule has 0 saturated carbocycles. The van der Waals surface area contributed by atoms with Crippen molar-refractivity contribution in [2.75, 3.05) is 11.4 Å². The Hall–Kier alpha value is -2.83. The summed E-state index contributed by atoms with van der Waals surface area (Å²) < 4.78 is 5.73. The molecule has 1 saturated heterocycles. The first kappa shape index (κ1) is 20.4. The van der Waals surface area contributed by atoms with Gasteiger partial charge in [0, 0.05) is 22.8 Å². The molecule has 1 aliphatic rings. The van der Waals surface area contributed by atoms with Crippen LogP contribution in [0.2, 0.25) is 10.0 Å². The molecule has 30 heavy (non-hydrogen) atoms.